The number of rotatable bonds is 5. The van der Waals surface area contributed by atoms with E-state index in [9.17, 15) is 4.79 Å². The summed E-state index contributed by atoms with van der Waals surface area (Å²) < 4.78 is 0. The molecule has 1 aliphatic rings. The van der Waals surface area contributed by atoms with Gasteiger partial charge in [-0.2, -0.15) is 0 Å². The molecule has 7 heteroatoms. The number of para-hydroxylation sites is 2. The van der Waals surface area contributed by atoms with Gasteiger partial charge < -0.3 is 10.3 Å². The first-order valence-corrected chi connectivity index (χ1v) is 8.48. The molecule has 1 unspecified atom stereocenters. The Morgan fingerprint density at radius 3 is 3.08 bits per heavy atom. The van der Waals surface area contributed by atoms with Crippen molar-refractivity contribution in [3.05, 3.63) is 54.4 Å². The average molecular weight is 336 g/mol. The zero-order valence-electron chi connectivity index (χ0n) is 13.9. The Hall–Kier alpha value is -2.80. The van der Waals surface area contributed by atoms with Gasteiger partial charge in [0.15, 0.2) is 0 Å². The van der Waals surface area contributed by atoms with E-state index in [4.69, 9.17) is 0 Å². The third kappa shape index (κ3) is 3.66. The van der Waals surface area contributed by atoms with Crippen LogP contribution in [0.3, 0.4) is 0 Å². The molecule has 1 atom stereocenters. The number of hydrogen-bond acceptors (Lipinski definition) is 5. The minimum absolute atomic E-state index is 0.141. The first-order chi connectivity index (χ1) is 12.3. The average Bonchev–Trinajstić information content (AvgIpc) is 3.26. The van der Waals surface area contributed by atoms with Gasteiger partial charge in [-0.25, -0.2) is 15.0 Å². The Bertz CT molecular complexity index is 829. The van der Waals surface area contributed by atoms with Gasteiger partial charge >= 0.3 is 0 Å². The third-order valence-electron chi connectivity index (χ3n) is 4.55. The standard InChI is InChI=1S/C18H20N6O/c25-18(16-5-7-19-12-21-16)20-9-13-6-8-24(10-13)11-17-22-14-3-1-2-4-15(14)23-17/h1-5,7,12-13H,6,8-11H2,(H,20,25)(H,22,23). The molecule has 1 amide bonds. The van der Waals surface area contributed by atoms with Crippen LogP contribution in [0.1, 0.15) is 22.7 Å². The summed E-state index contributed by atoms with van der Waals surface area (Å²) in [4.78, 5) is 30.2. The Morgan fingerprint density at radius 2 is 2.24 bits per heavy atom. The van der Waals surface area contributed by atoms with Crippen molar-refractivity contribution >= 4 is 16.9 Å². The maximum absolute atomic E-state index is 12.0. The summed E-state index contributed by atoms with van der Waals surface area (Å²) in [5.74, 6) is 1.31. The number of likely N-dealkylation sites (tertiary alicyclic amines) is 1. The molecule has 0 spiro atoms. The summed E-state index contributed by atoms with van der Waals surface area (Å²) >= 11 is 0. The summed E-state index contributed by atoms with van der Waals surface area (Å²) in [5.41, 5.74) is 2.49. The fourth-order valence-corrected chi connectivity index (χ4v) is 3.27. The molecule has 3 aromatic rings. The molecule has 3 heterocycles. The van der Waals surface area contributed by atoms with Crippen LogP contribution in [-0.4, -0.2) is 50.4 Å². The fraction of sp³-hybridized carbons (Fsp3) is 0.333. The van der Waals surface area contributed by atoms with Crippen LogP contribution in [0.25, 0.3) is 11.0 Å². The lowest BCUT2D eigenvalue weighted by Gasteiger charge is -2.14. The van der Waals surface area contributed by atoms with Crippen molar-refractivity contribution in [2.45, 2.75) is 13.0 Å². The predicted molar refractivity (Wildman–Crippen MR) is 93.8 cm³/mol. The monoisotopic (exact) mass is 336 g/mol. The maximum atomic E-state index is 12.0. The molecule has 0 aliphatic carbocycles. The lowest BCUT2D eigenvalue weighted by atomic mass is 10.1. The summed E-state index contributed by atoms with van der Waals surface area (Å²) in [6.07, 6.45) is 4.04. The van der Waals surface area contributed by atoms with Crippen LogP contribution >= 0.6 is 0 Å². The van der Waals surface area contributed by atoms with E-state index in [-0.39, 0.29) is 5.91 Å². The van der Waals surface area contributed by atoms with Crippen molar-refractivity contribution in [1.82, 2.24) is 30.2 Å². The van der Waals surface area contributed by atoms with Gasteiger partial charge in [-0.05, 0) is 37.1 Å². The van der Waals surface area contributed by atoms with Crippen LogP contribution in [-0.2, 0) is 6.54 Å². The Labute approximate surface area is 145 Å². The van der Waals surface area contributed by atoms with E-state index >= 15 is 0 Å². The molecule has 1 aromatic carbocycles. The van der Waals surface area contributed by atoms with E-state index < -0.39 is 0 Å². The largest absolute Gasteiger partial charge is 0.350 e. The highest BCUT2D eigenvalue weighted by molar-refractivity contribution is 5.92. The quantitative estimate of drug-likeness (QED) is 0.739. The van der Waals surface area contributed by atoms with Crippen LogP contribution in [0, 0.1) is 5.92 Å². The van der Waals surface area contributed by atoms with Crippen molar-refractivity contribution in [3.8, 4) is 0 Å². The minimum atomic E-state index is -0.141. The third-order valence-corrected chi connectivity index (χ3v) is 4.55. The molecule has 1 fully saturated rings. The molecule has 128 valence electrons. The molecule has 0 radical (unpaired) electrons. The lowest BCUT2D eigenvalue weighted by Crippen LogP contribution is -2.31. The molecule has 1 aliphatic heterocycles. The van der Waals surface area contributed by atoms with Gasteiger partial charge in [-0.15, -0.1) is 0 Å². The van der Waals surface area contributed by atoms with E-state index in [1.807, 2.05) is 24.3 Å². The first-order valence-electron chi connectivity index (χ1n) is 8.48. The molecular weight excluding hydrogens is 316 g/mol. The van der Waals surface area contributed by atoms with Crippen molar-refractivity contribution in [2.24, 2.45) is 5.92 Å². The molecule has 0 saturated carbocycles. The number of carbonyl (C=O) groups is 1. The van der Waals surface area contributed by atoms with E-state index in [0.29, 0.717) is 18.2 Å². The fourth-order valence-electron chi connectivity index (χ4n) is 3.27. The number of fused-ring (bicyclic) bond motifs is 1. The first kappa shape index (κ1) is 15.7. The number of nitrogens with one attached hydrogen (secondary N) is 2. The number of hydrogen-bond donors (Lipinski definition) is 2. The molecular formula is C18H20N6O. The van der Waals surface area contributed by atoms with Gasteiger partial charge in [0.2, 0.25) is 0 Å². The van der Waals surface area contributed by atoms with Crippen LogP contribution in [0.15, 0.2) is 42.9 Å². The van der Waals surface area contributed by atoms with E-state index in [0.717, 1.165) is 42.9 Å². The highest BCUT2D eigenvalue weighted by Gasteiger charge is 2.24. The number of amides is 1. The van der Waals surface area contributed by atoms with Gasteiger partial charge in [-0.1, -0.05) is 12.1 Å². The lowest BCUT2D eigenvalue weighted by molar-refractivity contribution is 0.0942. The van der Waals surface area contributed by atoms with Gasteiger partial charge in [0.1, 0.15) is 17.8 Å². The van der Waals surface area contributed by atoms with Gasteiger partial charge in [-0.3, -0.25) is 9.69 Å². The zero-order chi connectivity index (χ0) is 17.1. The number of carbonyl (C=O) groups excluding carboxylic acids is 1. The molecule has 2 N–H and O–H groups in total. The normalized spacial score (nSPS) is 17.8. The predicted octanol–water partition coefficient (Wildman–Crippen LogP) is 1.60. The van der Waals surface area contributed by atoms with Gasteiger partial charge in [0, 0.05) is 19.3 Å². The summed E-state index contributed by atoms with van der Waals surface area (Å²) in [6.45, 7) is 3.46. The number of imidazole rings is 1. The smallest absolute Gasteiger partial charge is 0.270 e. The van der Waals surface area contributed by atoms with Crippen molar-refractivity contribution in [3.63, 3.8) is 0 Å². The number of benzene rings is 1. The van der Waals surface area contributed by atoms with E-state index in [1.165, 1.54) is 6.33 Å². The van der Waals surface area contributed by atoms with Crippen LogP contribution < -0.4 is 5.32 Å². The number of aromatic nitrogens is 4. The Kier molecular flexibility index (Phi) is 4.39. The second-order valence-corrected chi connectivity index (χ2v) is 6.40. The summed E-state index contributed by atoms with van der Waals surface area (Å²) in [6, 6.07) is 9.69. The van der Waals surface area contributed by atoms with Gasteiger partial charge in [0.05, 0.1) is 17.6 Å². The number of nitrogens with zero attached hydrogens (tertiary/aromatic N) is 4. The molecule has 0 bridgehead atoms. The summed E-state index contributed by atoms with van der Waals surface area (Å²) in [5, 5.41) is 2.97. The van der Waals surface area contributed by atoms with Gasteiger partial charge in [0.25, 0.3) is 5.91 Å². The molecule has 7 nitrogen and oxygen atoms in total. The van der Waals surface area contributed by atoms with E-state index in [1.54, 1.807) is 12.3 Å². The Balaban J connectivity index is 1.29. The van der Waals surface area contributed by atoms with Crippen molar-refractivity contribution < 1.29 is 4.79 Å². The molecule has 25 heavy (non-hydrogen) atoms. The van der Waals surface area contributed by atoms with Crippen LogP contribution in [0.5, 0.6) is 0 Å². The number of aromatic amines is 1. The number of H-pyrrole nitrogens is 1. The highest BCUT2D eigenvalue weighted by atomic mass is 16.1. The van der Waals surface area contributed by atoms with Crippen LogP contribution in [0.2, 0.25) is 0 Å². The Morgan fingerprint density at radius 1 is 1.32 bits per heavy atom. The van der Waals surface area contributed by atoms with E-state index in [2.05, 4.69) is 30.2 Å². The highest BCUT2D eigenvalue weighted by Crippen LogP contribution is 2.18. The molecule has 4 rings (SSSR count). The van der Waals surface area contributed by atoms with Crippen LogP contribution in [0.4, 0.5) is 0 Å². The molecule has 1 saturated heterocycles. The van der Waals surface area contributed by atoms with Crippen molar-refractivity contribution in [2.75, 3.05) is 19.6 Å². The minimum Gasteiger partial charge on any atom is -0.350 e. The zero-order valence-corrected chi connectivity index (χ0v) is 13.9. The SMILES string of the molecule is O=C(NCC1CCN(Cc2nc3ccccc3[nH]2)C1)c1ccncn1. The second-order valence-electron chi connectivity index (χ2n) is 6.40. The topological polar surface area (TPSA) is 86.8 Å². The summed E-state index contributed by atoms with van der Waals surface area (Å²) in [7, 11) is 0. The second kappa shape index (κ2) is 6.98. The molecule has 2 aromatic heterocycles. The van der Waals surface area contributed by atoms with Crippen molar-refractivity contribution in [1.29, 1.82) is 0 Å². The maximum Gasteiger partial charge on any atom is 0.270 e.